The zero-order valence-electron chi connectivity index (χ0n) is 11.1. The molecule has 0 amide bonds. The summed E-state index contributed by atoms with van der Waals surface area (Å²) in [6.07, 6.45) is 9.01. The van der Waals surface area contributed by atoms with Gasteiger partial charge in [-0.3, -0.25) is 0 Å². The molecule has 0 fully saturated rings. The summed E-state index contributed by atoms with van der Waals surface area (Å²) >= 11 is 3.52. The minimum atomic E-state index is 0.423. The van der Waals surface area contributed by atoms with Crippen molar-refractivity contribution in [3.8, 4) is 0 Å². The third-order valence-corrected chi connectivity index (χ3v) is 4.12. The molecule has 1 atom stereocenters. The highest BCUT2D eigenvalue weighted by atomic mass is 79.9. The second-order valence-electron chi connectivity index (χ2n) is 5.09. The summed E-state index contributed by atoms with van der Waals surface area (Å²) in [5.74, 6) is 0. The van der Waals surface area contributed by atoms with Gasteiger partial charge in [-0.15, -0.1) is 0 Å². The van der Waals surface area contributed by atoms with Gasteiger partial charge in [-0.05, 0) is 63.3 Å². The lowest BCUT2D eigenvalue weighted by Gasteiger charge is -2.17. The summed E-state index contributed by atoms with van der Waals surface area (Å²) in [5.41, 5.74) is 3.00. The third-order valence-electron chi connectivity index (χ3n) is 3.63. The number of halogens is 1. The third kappa shape index (κ3) is 4.25. The molecule has 2 rings (SSSR count). The topological polar surface area (TPSA) is 12.0 Å². The fraction of sp³-hybridized carbons (Fsp3) is 0.500. The average molecular weight is 308 g/mol. The van der Waals surface area contributed by atoms with Crippen molar-refractivity contribution < 1.29 is 0 Å². The maximum absolute atomic E-state index is 3.61. The largest absolute Gasteiger partial charge is 0.310 e. The molecule has 0 saturated carbocycles. The van der Waals surface area contributed by atoms with E-state index in [4.69, 9.17) is 0 Å². The average Bonchev–Trinajstić information content (AvgIpc) is 2.40. The monoisotopic (exact) mass is 307 g/mol. The van der Waals surface area contributed by atoms with Gasteiger partial charge in [-0.1, -0.05) is 39.7 Å². The molecule has 18 heavy (non-hydrogen) atoms. The summed E-state index contributed by atoms with van der Waals surface area (Å²) in [4.78, 5) is 0. The molecule has 1 aromatic rings. The van der Waals surface area contributed by atoms with Gasteiger partial charge in [0.15, 0.2) is 0 Å². The van der Waals surface area contributed by atoms with Crippen molar-refractivity contribution in [1.82, 2.24) is 5.32 Å². The second kappa shape index (κ2) is 7.10. The molecule has 0 saturated heterocycles. The molecule has 1 aliphatic carbocycles. The highest BCUT2D eigenvalue weighted by Crippen LogP contribution is 2.21. The first-order valence-electron chi connectivity index (χ1n) is 6.92. The molecular formula is C16H22BrN. The predicted molar refractivity (Wildman–Crippen MR) is 81.7 cm³/mol. The Morgan fingerprint density at radius 3 is 2.94 bits per heavy atom. The maximum Gasteiger partial charge on any atom is 0.0292 e. The van der Waals surface area contributed by atoms with Crippen LogP contribution in [0, 0.1) is 0 Å². The van der Waals surface area contributed by atoms with E-state index in [9.17, 15) is 0 Å². The van der Waals surface area contributed by atoms with E-state index in [1.807, 2.05) is 0 Å². The van der Waals surface area contributed by atoms with Gasteiger partial charge in [-0.2, -0.15) is 0 Å². The van der Waals surface area contributed by atoms with E-state index in [0.29, 0.717) is 6.04 Å². The van der Waals surface area contributed by atoms with E-state index in [0.717, 1.165) is 11.0 Å². The lowest BCUT2D eigenvalue weighted by molar-refractivity contribution is 0.562. The molecule has 1 aromatic carbocycles. The summed E-state index contributed by atoms with van der Waals surface area (Å²) < 4.78 is 1.16. The van der Waals surface area contributed by atoms with Gasteiger partial charge >= 0.3 is 0 Å². The van der Waals surface area contributed by atoms with E-state index >= 15 is 0 Å². The number of rotatable bonds is 5. The smallest absolute Gasteiger partial charge is 0.0292 e. The van der Waals surface area contributed by atoms with Crippen molar-refractivity contribution >= 4 is 15.9 Å². The fourth-order valence-corrected chi connectivity index (χ4v) is 2.89. The molecule has 0 bridgehead atoms. The number of hydrogen-bond donors (Lipinski definition) is 1. The van der Waals surface area contributed by atoms with Gasteiger partial charge in [0, 0.05) is 10.5 Å². The molecule has 1 N–H and O–H groups in total. The number of nitrogens with one attached hydrogen (secondary N) is 1. The number of allylic oxidation sites excluding steroid dienone is 1. The van der Waals surface area contributed by atoms with Gasteiger partial charge in [0.2, 0.25) is 0 Å². The molecule has 0 heterocycles. The Morgan fingerprint density at radius 2 is 2.22 bits per heavy atom. The summed E-state index contributed by atoms with van der Waals surface area (Å²) in [6.45, 7) is 3.32. The van der Waals surface area contributed by atoms with E-state index in [-0.39, 0.29) is 0 Å². The van der Waals surface area contributed by atoms with Crippen LogP contribution < -0.4 is 5.32 Å². The van der Waals surface area contributed by atoms with Crippen molar-refractivity contribution in [2.45, 2.75) is 45.1 Å². The van der Waals surface area contributed by atoms with Crippen LogP contribution in [0.3, 0.4) is 0 Å². The Kier molecular flexibility index (Phi) is 5.45. The minimum absolute atomic E-state index is 0.423. The van der Waals surface area contributed by atoms with Crippen LogP contribution in [0.4, 0.5) is 0 Å². The van der Waals surface area contributed by atoms with Crippen molar-refractivity contribution in [1.29, 1.82) is 0 Å². The lowest BCUT2D eigenvalue weighted by Crippen LogP contribution is -2.20. The van der Waals surface area contributed by atoms with Gasteiger partial charge in [-0.25, -0.2) is 0 Å². The summed E-state index contributed by atoms with van der Waals surface area (Å²) in [6, 6.07) is 8.97. The quantitative estimate of drug-likeness (QED) is 0.756. The highest BCUT2D eigenvalue weighted by molar-refractivity contribution is 9.10. The molecule has 1 aliphatic rings. The van der Waals surface area contributed by atoms with Crippen LogP contribution in [0.5, 0.6) is 0 Å². The van der Waals surface area contributed by atoms with Crippen LogP contribution in [-0.2, 0) is 0 Å². The first kappa shape index (κ1) is 13.8. The van der Waals surface area contributed by atoms with Crippen LogP contribution in [0.1, 0.15) is 50.6 Å². The van der Waals surface area contributed by atoms with Crippen LogP contribution in [0.2, 0.25) is 0 Å². The maximum atomic E-state index is 3.61. The van der Waals surface area contributed by atoms with Crippen molar-refractivity contribution in [2.75, 3.05) is 6.54 Å². The molecule has 0 aliphatic heterocycles. The Hall–Kier alpha value is -0.600. The fourth-order valence-electron chi connectivity index (χ4n) is 2.47. The van der Waals surface area contributed by atoms with Crippen molar-refractivity contribution in [2.24, 2.45) is 0 Å². The van der Waals surface area contributed by atoms with E-state index in [2.05, 4.69) is 58.5 Å². The van der Waals surface area contributed by atoms with Gasteiger partial charge in [0.1, 0.15) is 0 Å². The van der Waals surface area contributed by atoms with E-state index < -0.39 is 0 Å². The molecular weight excluding hydrogens is 286 g/mol. The van der Waals surface area contributed by atoms with Crippen molar-refractivity contribution in [3.63, 3.8) is 0 Å². The highest BCUT2D eigenvalue weighted by Gasteiger charge is 2.06. The Bertz CT molecular complexity index is 411. The predicted octanol–water partition coefficient (Wildman–Crippen LogP) is 4.99. The molecule has 1 unspecified atom stereocenters. The van der Waals surface area contributed by atoms with Gasteiger partial charge < -0.3 is 5.32 Å². The zero-order chi connectivity index (χ0) is 12.8. The Morgan fingerprint density at radius 1 is 1.33 bits per heavy atom. The van der Waals surface area contributed by atoms with Crippen LogP contribution in [0.15, 0.2) is 40.4 Å². The number of benzene rings is 1. The van der Waals surface area contributed by atoms with E-state index in [1.165, 1.54) is 37.7 Å². The molecule has 0 radical (unpaired) electrons. The molecule has 0 aromatic heterocycles. The number of hydrogen-bond acceptors (Lipinski definition) is 1. The lowest BCUT2D eigenvalue weighted by atomic mass is 9.97. The SMILES string of the molecule is CC(NCCC1=CCCCC1)c1cccc(Br)c1. The van der Waals surface area contributed by atoms with Crippen LogP contribution in [0.25, 0.3) is 0 Å². The zero-order valence-corrected chi connectivity index (χ0v) is 12.7. The Labute approximate surface area is 119 Å². The second-order valence-corrected chi connectivity index (χ2v) is 6.00. The minimum Gasteiger partial charge on any atom is -0.310 e. The molecule has 0 spiro atoms. The van der Waals surface area contributed by atoms with Crippen molar-refractivity contribution in [3.05, 3.63) is 46.0 Å². The van der Waals surface area contributed by atoms with Gasteiger partial charge in [0.05, 0.1) is 0 Å². The first-order chi connectivity index (χ1) is 8.75. The van der Waals surface area contributed by atoms with Gasteiger partial charge in [0.25, 0.3) is 0 Å². The normalized spacial score (nSPS) is 17.3. The summed E-state index contributed by atoms with van der Waals surface area (Å²) in [7, 11) is 0. The Balaban J connectivity index is 1.77. The van der Waals surface area contributed by atoms with Crippen LogP contribution >= 0.6 is 15.9 Å². The molecule has 98 valence electrons. The molecule has 2 heteroatoms. The molecule has 1 nitrogen and oxygen atoms in total. The first-order valence-corrected chi connectivity index (χ1v) is 7.72. The van der Waals surface area contributed by atoms with E-state index in [1.54, 1.807) is 5.57 Å². The standard InChI is InChI=1S/C16H22BrN/c1-13(15-8-5-9-16(17)12-15)18-11-10-14-6-3-2-4-7-14/h5-6,8-9,12-13,18H,2-4,7,10-11H2,1H3. The van der Waals surface area contributed by atoms with Crippen LogP contribution in [-0.4, -0.2) is 6.54 Å². The summed E-state index contributed by atoms with van der Waals surface area (Å²) in [5, 5.41) is 3.61.